The van der Waals surface area contributed by atoms with Gasteiger partial charge in [-0.25, -0.2) is 0 Å². The van der Waals surface area contributed by atoms with E-state index in [2.05, 4.69) is 0 Å². The highest BCUT2D eigenvalue weighted by Gasteiger charge is 2.16. The third-order valence-corrected chi connectivity index (χ3v) is 3.21. The molecule has 0 bridgehead atoms. The molecule has 0 aliphatic rings. The SMILES string of the molecule is C[C@H](CO)c1ccccc1C(O)c1ccccc1. The summed E-state index contributed by atoms with van der Waals surface area (Å²) in [5.41, 5.74) is 2.73. The Morgan fingerprint density at radius 3 is 2.06 bits per heavy atom. The molecule has 2 N–H and O–H groups in total. The van der Waals surface area contributed by atoms with Crippen LogP contribution in [0.5, 0.6) is 0 Å². The van der Waals surface area contributed by atoms with E-state index in [0.29, 0.717) is 0 Å². The number of rotatable bonds is 4. The van der Waals surface area contributed by atoms with E-state index in [-0.39, 0.29) is 12.5 Å². The molecule has 2 aromatic rings. The summed E-state index contributed by atoms with van der Waals surface area (Å²) in [7, 11) is 0. The molecular weight excluding hydrogens is 224 g/mol. The molecule has 0 aliphatic heterocycles. The first-order valence-corrected chi connectivity index (χ1v) is 6.16. The summed E-state index contributed by atoms with van der Waals surface area (Å²) >= 11 is 0. The van der Waals surface area contributed by atoms with Crippen molar-refractivity contribution < 1.29 is 10.2 Å². The molecule has 0 heterocycles. The number of hydrogen-bond donors (Lipinski definition) is 2. The van der Waals surface area contributed by atoms with E-state index in [1.54, 1.807) is 0 Å². The predicted octanol–water partition coefficient (Wildman–Crippen LogP) is 2.86. The lowest BCUT2D eigenvalue weighted by Gasteiger charge is -2.19. The molecule has 2 nitrogen and oxygen atoms in total. The highest BCUT2D eigenvalue weighted by Crippen LogP contribution is 2.29. The molecule has 94 valence electrons. The maximum atomic E-state index is 10.4. The Bertz CT molecular complexity index is 493. The van der Waals surface area contributed by atoms with Crippen molar-refractivity contribution in [2.75, 3.05) is 6.61 Å². The molecule has 0 saturated heterocycles. The number of aliphatic hydroxyl groups excluding tert-OH is 2. The molecule has 0 radical (unpaired) electrons. The Kier molecular flexibility index (Phi) is 4.13. The van der Waals surface area contributed by atoms with Gasteiger partial charge in [0.25, 0.3) is 0 Å². The van der Waals surface area contributed by atoms with Crippen molar-refractivity contribution in [1.29, 1.82) is 0 Å². The zero-order valence-corrected chi connectivity index (χ0v) is 10.5. The Morgan fingerprint density at radius 2 is 1.44 bits per heavy atom. The summed E-state index contributed by atoms with van der Waals surface area (Å²) in [4.78, 5) is 0. The minimum atomic E-state index is -0.642. The smallest absolute Gasteiger partial charge is 0.104 e. The van der Waals surface area contributed by atoms with E-state index in [0.717, 1.165) is 16.7 Å². The Labute approximate surface area is 108 Å². The van der Waals surface area contributed by atoms with Crippen LogP contribution in [0.15, 0.2) is 54.6 Å². The normalized spacial score (nSPS) is 14.2. The average Bonchev–Trinajstić information content (AvgIpc) is 2.46. The summed E-state index contributed by atoms with van der Waals surface area (Å²) in [5.74, 6) is 0.0274. The molecule has 0 amide bonds. The lowest BCUT2D eigenvalue weighted by atomic mass is 9.90. The van der Waals surface area contributed by atoms with Crippen molar-refractivity contribution in [3.05, 3.63) is 71.3 Å². The Hall–Kier alpha value is -1.64. The summed E-state index contributed by atoms with van der Waals surface area (Å²) in [6, 6.07) is 17.3. The van der Waals surface area contributed by atoms with E-state index in [9.17, 15) is 10.2 Å². The molecule has 18 heavy (non-hydrogen) atoms. The van der Waals surface area contributed by atoms with Gasteiger partial charge in [0, 0.05) is 12.5 Å². The minimum absolute atomic E-state index is 0.0274. The monoisotopic (exact) mass is 242 g/mol. The molecule has 0 aliphatic carbocycles. The van der Waals surface area contributed by atoms with Gasteiger partial charge in [0.15, 0.2) is 0 Å². The molecule has 2 aromatic carbocycles. The van der Waals surface area contributed by atoms with Gasteiger partial charge in [-0.05, 0) is 16.7 Å². The van der Waals surface area contributed by atoms with Crippen LogP contribution in [0.2, 0.25) is 0 Å². The summed E-state index contributed by atoms with van der Waals surface area (Å²) < 4.78 is 0. The van der Waals surface area contributed by atoms with Gasteiger partial charge < -0.3 is 10.2 Å². The van der Waals surface area contributed by atoms with Gasteiger partial charge in [0.2, 0.25) is 0 Å². The summed E-state index contributed by atoms with van der Waals surface area (Å²) in [6.45, 7) is 2.04. The fraction of sp³-hybridized carbons (Fsp3) is 0.250. The highest BCUT2D eigenvalue weighted by molar-refractivity contribution is 5.37. The topological polar surface area (TPSA) is 40.5 Å². The second-order valence-corrected chi connectivity index (χ2v) is 4.53. The van der Waals surface area contributed by atoms with Crippen molar-refractivity contribution >= 4 is 0 Å². The van der Waals surface area contributed by atoms with Gasteiger partial charge in [-0.2, -0.15) is 0 Å². The molecule has 1 unspecified atom stereocenters. The lowest BCUT2D eigenvalue weighted by Crippen LogP contribution is -2.08. The third kappa shape index (κ3) is 2.61. The van der Waals surface area contributed by atoms with E-state index >= 15 is 0 Å². The first-order valence-electron chi connectivity index (χ1n) is 6.16. The van der Waals surface area contributed by atoms with Crippen LogP contribution < -0.4 is 0 Å². The lowest BCUT2D eigenvalue weighted by molar-refractivity contribution is 0.216. The van der Waals surface area contributed by atoms with Gasteiger partial charge in [0.1, 0.15) is 6.10 Å². The number of hydrogen-bond acceptors (Lipinski definition) is 2. The quantitative estimate of drug-likeness (QED) is 0.865. The van der Waals surface area contributed by atoms with Crippen LogP contribution in [-0.4, -0.2) is 16.8 Å². The second-order valence-electron chi connectivity index (χ2n) is 4.53. The fourth-order valence-corrected chi connectivity index (χ4v) is 2.12. The van der Waals surface area contributed by atoms with Gasteiger partial charge in [0.05, 0.1) is 0 Å². The second kappa shape index (κ2) is 5.80. The van der Waals surface area contributed by atoms with E-state index in [4.69, 9.17) is 0 Å². The van der Waals surface area contributed by atoms with Crippen molar-refractivity contribution in [2.45, 2.75) is 18.9 Å². The zero-order chi connectivity index (χ0) is 13.0. The van der Waals surface area contributed by atoms with Gasteiger partial charge in [-0.3, -0.25) is 0 Å². The first-order chi connectivity index (χ1) is 8.74. The molecule has 0 spiro atoms. The van der Waals surface area contributed by atoms with E-state index in [1.807, 2.05) is 61.5 Å². The van der Waals surface area contributed by atoms with Crippen LogP contribution in [0, 0.1) is 0 Å². The van der Waals surface area contributed by atoms with Crippen LogP contribution >= 0.6 is 0 Å². The van der Waals surface area contributed by atoms with Crippen molar-refractivity contribution in [1.82, 2.24) is 0 Å². The van der Waals surface area contributed by atoms with Crippen LogP contribution in [0.3, 0.4) is 0 Å². The number of benzene rings is 2. The fourth-order valence-electron chi connectivity index (χ4n) is 2.12. The van der Waals surface area contributed by atoms with E-state index < -0.39 is 6.10 Å². The minimum Gasteiger partial charge on any atom is -0.396 e. The van der Waals surface area contributed by atoms with Crippen molar-refractivity contribution in [3.8, 4) is 0 Å². The summed E-state index contributed by atoms with van der Waals surface area (Å²) in [6.07, 6.45) is -0.642. The molecule has 2 rings (SSSR count). The Balaban J connectivity index is 2.39. The van der Waals surface area contributed by atoms with Gasteiger partial charge in [-0.1, -0.05) is 61.5 Å². The average molecular weight is 242 g/mol. The van der Waals surface area contributed by atoms with Crippen LogP contribution in [0.25, 0.3) is 0 Å². The highest BCUT2D eigenvalue weighted by atomic mass is 16.3. The van der Waals surface area contributed by atoms with Crippen LogP contribution in [-0.2, 0) is 0 Å². The first kappa shape index (κ1) is 12.8. The van der Waals surface area contributed by atoms with Crippen molar-refractivity contribution in [3.63, 3.8) is 0 Å². The Morgan fingerprint density at radius 1 is 0.889 bits per heavy atom. The van der Waals surface area contributed by atoms with Crippen LogP contribution in [0.4, 0.5) is 0 Å². The maximum Gasteiger partial charge on any atom is 0.104 e. The molecule has 0 saturated carbocycles. The molecule has 0 aromatic heterocycles. The predicted molar refractivity (Wildman–Crippen MR) is 72.4 cm³/mol. The van der Waals surface area contributed by atoms with Gasteiger partial charge in [-0.15, -0.1) is 0 Å². The van der Waals surface area contributed by atoms with Crippen LogP contribution in [0.1, 0.15) is 35.6 Å². The van der Waals surface area contributed by atoms with E-state index in [1.165, 1.54) is 0 Å². The summed E-state index contributed by atoms with van der Waals surface area (Å²) in [5, 5.41) is 19.7. The molecule has 2 atom stereocenters. The third-order valence-electron chi connectivity index (χ3n) is 3.21. The maximum absolute atomic E-state index is 10.4. The van der Waals surface area contributed by atoms with Gasteiger partial charge >= 0.3 is 0 Å². The van der Waals surface area contributed by atoms with Crippen molar-refractivity contribution in [2.24, 2.45) is 0 Å². The standard InChI is InChI=1S/C16H18O2/c1-12(11-17)14-9-5-6-10-15(14)16(18)13-7-3-2-4-8-13/h2-10,12,16-18H,11H2,1H3/t12-,16?/m1/s1. The zero-order valence-electron chi connectivity index (χ0n) is 10.5. The molecule has 2 heteroatoms. The molecule has 0 fully saturated rings. The molecular formula is C16H18O2. The number of aliphatic hydroxyl groups is 2. The largest absolute Gasteiger partial charge is 0.396 e.